The molecular formula is C15H20Cl2N2O2. The molecule has 0 aromatic heterocycles. The van der Waals surface area contributed by atoms with Gasteiger partial charge in [0.15, 0.2) is 5.78 Å². The van der Waals surface area contributed by atoms with Crippen LogP contribution in [0, 0.1) is 0 Å². The van der Waals surface area contributed by atoms with Gasteiger partial charge in [0, 0.05) is 10.6 Å². The summed E-state index contributed by atoms with van der Waals surface area (Å²) in [5, 5.41) is 0.790. The molecule has 6 heteroatoms. The number of ketones is 1. The highest BCUT2D eigenvalue weighted by Gasteiger charge is 2.24. The zero-order valence-corrected chi connectivity index (χ0v) is 13.7. The van der Waals surface area contributed by atoms with E-state index in [1.807, 2.05) is 6.92 Å². The van der Waals surface area contributed by atoms with E-state index in [0.29, 0.717) is 22.2 Å². The summed E-state index contributed by atoms with van der Waals surface area (Å²) >= 11 is 11.9. The Kier molecular flexibility index (Phi) is 7.15. The maximum atomic E-state index is 12.5. The minimum atomic E-state index is -0.470. The third kappa shape index (κ3) is 5.30. The fraction of sp³-hybridized carbons (Fsp3) is 0.467. The largest absolute Gasteiger partial charge is 0.369 e. The lowest BCUT2D eigenvalue weighted by atomic mass is 10.0. The lowest BCUT2D eigenvalue weighted by Gasteiger charge is -2.27. The number of amides is 1. The van der Waals surface area contributed by atoms with Crippen molar-refractivity contribution < 1.29 is 9.59 Å². The van der Waals surface area contributed by atoms with Gasteiger partial charge in [-0.25, -0.2) is 0 Å². The molecule has 0 saturated carbocycles. The molecule has 116 valence electrons. The molecule has 0 saturated heterocycles. The van der Waals surface area contributed by atoms with E-state index in [1.54, 1.807) is 24.0 Å². The number of carbonyl (C=O) groups is 2. The van der Waals surface area contributed by atoms with Gasteiger partial charge in [-0.05, 0) is 38.1 Å². The molecule has 1 atom stereocenters. The van der Waals surface area contributed by atoms with Gasteiger partial charge in [-0.1, -0.05) is 36.5 Å². The van der Waals surface area contributed by atoms with Crippen molar-refractivity contribution in [2.24, 2.45) is 5.73 Å². The number of hydrogen-bond donors (Lipinski definition) is 1. The standard InChI is InChI=1S/C15H20Cl2N2O2/c1-3-4-7-19(9-14(18)20)10(2)15(21)12-6-5-11(16)8-13(12)17/h5-6,8,10H,3-4,7,9H2,1-2H3,(H2,18,20). The summed E-state index contributed by atoms with van der Waals surface area (Å²) in [7, 11) is 0. The smallest absolute Gasteiger partial charge is 0.231 e. The molecule has 0 radical (unpaired) electrons. The quantitative estimate of drug-likeness (QED) is 0.744. The number of primary amides is 1. The predicted octanol–water partition coefficient (Wildman–Crippen LogP) is 3.15. The van der Waals surface area contributed by atoms with Crippen LogP contribution in [0.3, 0.4) is 0 Å². The van der Waals surface area contributed by atoms with Crippen molar-refractivity contribution >= 4 is 34.9 Å². The van der Waals surface area contributed by atoms with Crippen molar-refractivity contribution in [3.63, 3.8) is 0 Å². The van der Waals surface area contributed by atoms with Gasteiger partial charge in [-0.15, -0.1) is 0 Å². The molecule has 0 aliphatic heterocycles. The average Bonchev–Trinajstić information content (AvgIpc) is 2.41. The Morgan fingerprint density at radius 2 is 2.00 bits per heavy atom. The minimum Gasteiger partial charge on any atom is -0.369 e. The summed E-state index contributed by atoms with van der Waals surface area (Å²) in [6.07, 6.45) is 1.86. The van der Waals surface area contributed by atoms with Crippen molar-refractivity contribution in [3.8, 4) is 0 Å². The number of Topliss-reactive ketones (excluding diaryl/α,β-unsaturated/α-hetero) is 1. The second-order valence-corrected chi connectivity index (χ2v) is 5.80. The third-order valence-corrected chi connectivity index (χ3v) is 3.83. The van der Waals surface area contributed by atoms with Crippen LogP contribution in [-0.2, 0) is 4.79 Å². The third-order valence-electron chi connectivity index (χ3n) is 3.28. The summed E-state index contributed by atoms with van der Waals surface area (Å²) < 4.78 is 0. The Balaban J connectivity index is 2.92. The van der Waals surface area contributed by atoms with Crippen molar-refractivity contribution in [1.29, 1.82) is 0 Å². The first kappa shape index (κ1) is 18.0. The number of rotatable bonds is 8. The fourth-order valence-corrected chi connectivity index (χ4v) is 2.55. The monoisotopic (exact) mass is 330 g/mol. The molecule has 21 heavy (non-hydrogen) atoms. The summed E-state index contributed by atoms with van der Waals surface area (Å²) in [5.41, 5.74) is 5.66. The SMILES string of the molecule is CCCCN(CC(N)=O)C(C)C(=O)c1ccc(Cl)cc1Cl. The fourth-order valence-electron chi connectivity index (χ4n) is 2.05. The molecule has 0 heterocycles. The zero-order valence-electron chi connectivity index (χ0n) is 12.2. The van der Waals surface area contributed by atoms with Crippen LogP contribution in [0.1, 0.15) is 37.0 Å². The van der Waals surface area contributed by atoms with Crippen LogP contribution in [0.5, 0.6) is 0 Å². The first-order valence-corrected chi connectivity index (χ1v) is 7.64. The summed E-state index contributed by atoms with van der Waals surface area (Å²) in [6.45, 7) is 4.49. The van der Waals surface area contributed by atoms with Gasteiger partial charge in [0.2, 0.25) is 5.91 Å². The van der Waals surface area contributed by atoms with Crippen molar-refractivity contribution in [3.05, 3.63) is 33.8 Å². The molecule has 0 aliphatic carbocycles. The Morgan fingerprint density at radius 3 is 2.52 bits per heavy atom. The van der Waals surface area contributed by atoms with Gasteiger partial charge in [0.05, 0.1) is 17.6 Å². The predicted molar refractivity (Wildman–Crippen MR) is 85.9 cm³/mol. The highest BCUT2D eigenvalue weighted by atomic mass is 35.5. The normalized spacial score (nSPS) is 12.4. The van der Waals surface area contributed by atoms with E-state index in [2.05, 4.69) is 0 Å². The van der Waals surface area contributed by atoms with E-state index in [4.69, 9.17) is 28.9 Å². The molecule has 1 rings (SSSR count). The zero-order chi connectivity index (χ0) is 16.0. The first-order chi connectivity index (χ1) is 9.86. The maximum absolute atomic E-state index is 12.5. The van der Waals surface area contributed by atoms with Gasteiger partial charge >= 0.3 is 0 Å². The summed E-state index contributed by atoms with van der Waals surface area (Å²) in [5.74, 6) is -0.595. The number of unbranched alkanes of at least 4 members (excludes halogenated alkanes) is 1. The molecule has 0 fully saturated rings. The number of hydrogen-bond acceptors (Lipinski definition) is 3. The topological polar surface area (TPSA) is 63.4 Å². The molecule has 1 amide bonds. The molecule has 4 nitrogen and oxygen atoms in total. The van der Waals surface area contributed by atoms with E-state index in [0.717, 1.165) is 12.8 Å². The van der Waals surface area contributed by atoms with Crippen molar-refractivity contribution in [1.82, 2.24) is 4.90 Å². The van der Waals surface area contributed by atoms with E-state index in [1.165, 1.54) is 6.07 Å². The number of nitrogens with zero attached hydrogens (tertiary/aromatic N) is 1. The molecule has 1 aromatic carbocycles. The molecule has 2 N–H and O–H groups in total. The molecule has 0 aliphatic rings. The van der Waals surface area contributed by atoms with Crippen LogP contribution in [-0.4, -0.2) is 35.7 Å². The summed E-state index contributed by atoms with van der Waals surface area (Å²) in [6, 6.07) is 4.29. The maximum Gasteiger partial charge on any atom is 0.231 e. The highest BCUT2D eigenvalue weighted by molar-refractivity contribution is 6.37. The molecule has 0 spiro atoms. The van der Waals surface area contributed by atoms with Crippen LogP contribution < -0.4 is 5.73 Å². The Hall–Kier alpha value is -1.10. The van der Waals surface area contributed by atoms with Crippen LogP contribution in [0.25, 0.3) is 0 Å². The van der Waals surface area contributed by atoms with Gasteiger partial charge in [0.1, 0.15) is 0 Å². The number of benzene rings is 1. The van der Waals surface area contributed by atoms with Crippen molar-refractivity contribution in [2.75, 3.05) is 13.1 Å². The second-order valence-electron chi connectivity index (χ2n) is 4.95. The van der Waals surface area contributed by atoms with E-state index >= 15 is 0 Å². The minimum absolute atomic E-state index is 0.0537. The lowest BCUT2D eigenvalue weighted by molar-refractivity contribution is -0.119. The van der Waals surface area contributed by atoms with Gasteiger partial charge < -0.3 is 5.73 Å². The van der Waals surface area contributed by atoms with Gasteiger partial charge in [-0.3, -0.25) is 14.5 Å². The Bertz CT molecular complexity index is 520. The van der Waals surface area contributed by atoms with Crippen LogP contribution >= 0.6 is 23.2 Å². The molecule has 1 unspecified atom stereocenters. The van der Waals surface area contributed by atoms with Crippen LogP contribution in [0.15, 0.2) is 18.2 Å². The van der Waals surface area contributed by atoms with Crippen molar-refractivity contribution in [2.45, 2.75) is 32.7 Å². The van der Waals surface area contributed by atoms with Gasteiger partial charge in [0.25, 0.3) is 0 Å². The molecule has 0 bridgehead atoms. The van der Waals surface area contributed by atoms with E-state index in [-0.39, 0.29) is 12.3 Å². The number of halogens is 2. The Labute approximate surface area is 135 Å². The van der Waals surface area contributed by atoms with Gasteiger partial charge in [-0.2, -0.15) is 0 Å². The number of nitrogens with two attached hydrogens (primary N) is 1. The van der Waals surface area contributed by atoms with Crippen LogP contribution in [0.2, 0.25) is 10.0 Å². The lowest BCUT2D eigenvalue weighted by Crippen LogP contribution is -2.44. The molecular weight excluding hydrogens is 311 g/mol. The van der Waals surface area contributed by atoms with E-state index < -0.39 is 11.9 Å². The summed E-state index contributed by atoms with van der Waals surface area (Å²) in [4.78, 5) is 25.5. The number of carbonyl (C=O) groups excluding carboxylic acids is 2. The van der Waals surface area contributed by atoms with Crippen LogP contribution in [0.4, 0.5) is 0 Å². The highest BCUT2D eigenvalue weighted by Crippen LogP contribution is 2.23. The molecule has 1 aromatic rings. The average molecular weight is 331 g/mol. The Morgan fingerprint density at radius 1 is 1.33 bits per heavy atom. The van der Waals surface area contributed by atoms with E-state index in [9.17, 15) is 9.59 Å². The second kappa shape index (κ2) is 8.37. The first-order valence-electron chi connectivity index (χ1n) is 6.88.